The van der Waals surface area contributed by atoms with Gasteiger partial charge in [-0.15, -0.1) is 0 Å². The Bertz CT molecular complexity index is 241. The molecule has 5 nitrogen and oxygen atoms in total. The van der Waals surface area contributed by atoms with Gasteiger partial charge in [0.25, 0.3) is 0 Å². The van der Waals surface area contributed by atoms with E-state index in [0.717, 1.165) is 19.4 Å². The average molecular weight is 228 g/mol. The number of ether oxygens (including phenoxy) is 2. The Morgan fingerprint density at radius 2 is 2.12 bits per heavy atom. The van der Waals surface area contributed by atoms with Crippen molar-refractivity contribution in [3.63, 3.8) is 0 Å². The Morgan fingerprint density at radius 1 is 1.25 bits per heavy atom. The fourth-order valence-corrected chi connectivity index (χ4v) is 2.26. The van der Waals surface area contributed by atoms with E-state index in [0.29, 0.717) is 19.8 Å². The zero-order chi connectivity index (χ0) is 11.4. The highest BCUT2D eigenvalue weighted by Crippen LogP contribution is 2.15. The largest absolute Gasteiger partial charge is 0.379 e. The maximum Gasteiger partial charge on any atom is 0.227 e. The first kappa shape index (κ1) is 11.8. The van der Waals surface area contributed by atoms with Gasteiger partial charge in [0, 0.05) is 12.6 Å². The third kappa shape index (κ3) is 2.72. The smallest absolute Gasteiger partial charge is 0.227 e. The molecular weight excluding hydrogens is 208 g/mol. The zero-order valence-corrected chi connectivity index (χ0v) is 9.70. The highest BCUT2D eigenvalue weighted by molar-refractivity contribution is 5.80. The summed E-state index contributed by atoms with van der Waals surface area (Å²) >= 11 is 0. The number of hydrogen-bond acceptors (Lipinski definition) is 4. The van der Waals surface area contributed by atoms with Crippen LogP contribution in [0.1, 0.15) is 12.8 Å². The van der Waals surface area contributed by atoms with Crippen molar-refractivity contribution in [3.05, 3.63) is 0 Å². The molecule has 0 bridgehead atoms. The Hall–Kier alpha value is -0.650. The molecule has 0 aromatic rings. The molecule has 2 saturated heterocycles. The number of carbonyl (C=O) groups is 1. The Labute approximate surface area is 95.9 Å². The van der Waals surface area contributed by atoms with Gasteiger partial charge < -0.3 is 20.1 Å². The van der Waals surface area contributed by atoms with E-state index in [9.17, 15) is 4.79 Å². The molecule has 2 N–H and O–H groups in total. The van der Waals surface area contributed by atoms with Crippen LogP contribution in [0.4, 0.5) is 0 Å². The molecule has 2 aliphatic heterocycles. The van der Waals surface area contributed by atoms with Crippen LogP contribution >= 0.6 is 0 Å². The third-order valence-corrected chi connectivity index (χ3v) is 3.29. The molecule has 2 rings (SSSR count). The van der Waals surface area contributed by atoms with Gasteiger partial charge in [-0.2, -0.15) is 0 Å². The first-order valence-corrected chi connectivity index (χ1v) is 5.94. The van der Waals surface area contributed by atoms with Gasteiger partial charge in [0.2, 0.25) is 5.91 Å². The standard InChI is InChI=1S/C11H20N2O3/c1-12-10-7-16-6-9(10)11(14)13-8-3-2-4-15-5-8/h8-10,12H,2-7H2,1H3,(H,13,14). The maximum absolute atomic E-state index is 12.0. The van der Waals surface area contributed by atoms with E-state index in [4.69, 9.17) is 9.47 Å². The summed E-state index contributed by atoms with van der Waals surface area (Å²) in [7, 11) is 1.86. The first-order valence-electron chi connectivity index (χ1n) is 5.94. The molecule has 2 fully saturated rings. The molecule has 0 spiro atoms. The van der Waals surface area contributed by atoms with Crippen LogP contribution < -0.4 is 10.6 Å². The molecule has 5 heteroatoms. The summed E-state index contributed by atoms with van der Waals surface area (Å²) in [6.45, 7) is 2.60. The van der Waals surface area contributed by atoms with Gasteiger partial charge >= 0.3 is 0 Å². The number of carbonyl (C=O) groups excluding carboxylic acids is 1. The molecule has 2 heterocycles. The second-order valence-corrected chi connectivity index (χ2v) is 4.46. The summed E-state index contributed by atoms with van der Waals surface area (Å²) in [5, 5.41) is 6.16. The van der Waals surface area contributed by atoms with Crippen molar-refractivity contribution in [2.45, 2.75) is 24.9 Å². The molecule has 0 saturated carbocycles. The Kier molecular flexibility index (Phi) is 4.15. The van der Waals surface area contributed by atoms with Gasteiger partial charge in [-0.05, 0) is 19.9 Å². The van der Waals surface area contributed by atoms with Crippen molar-refractivity contribution >= 4 is 5.91 Å². The predicted octanol–water partition coefficient (Wildman–Crippen LogP) is -0.484. The lowest BCUT2D eigenvalue weighted by atomic mass is 10.0. The topological polar surface area (TPSA) is 59.6 Å². The zero-order valence-electron chi connectivity index (χ0n) is 9.70. The molecule has 1 amide bonds. The van der Waals surface area contributed by atoms with E-state index in [1.165, 1.54) is 0 Å². The number of amides is 1. The van der Waals surface area contributed by atoms with Crippen molar-refractivity contribution < 1.29 is 14.3 Å². The molecule has 92 valence electrons. The molecule has 16 heavy (non-hydrogen) atoms. The van der Waals surface area contributed by atoms with Crippen molar-refractivity contribution in [1.29, 1.82) is 0 Å². The van der Waals surface area contributed by atoms with Crippen molar-refractivity contribution in [2.24, 2.45) is 5.92 Å². The second kappa shape index (κ2) is 5.61. The molecule has 0 aromatic carbocycles. The average Bonchev–Trinajstić information content (AvgIpc) is 2.78. The van der Waals surface area contributed by atoms with Crippen LogP contribution in [0.3, 0.4) is 0 Å². The van der Waals surface area contributed by atoms with E-state index >= 15 is 0 Å². The summed E-state index contributed by atoms with van der Waals surface area (Å²) in [6.07, 6.45) is 2.05. The molecule has 0 aromatic heterocycles. The van der Waals surface area contributed by atoms with Crippen molar-refractivity contribution in [3.8, 4) is 0 Å². The minimum absolute atomic E-state index is 0.0630. The number of rotatable bonds is 3. The molecule has 0 radical (unpaired) electrons. The monoisotopic (exact) mass is 228 g/mol. The maximum atomic E-state index is 12.0. The summed E-state index contributed by atoms with van der Waals surface area (Å²) in [5.41, 5.74) is 0. The van der Waals surface area contributed by atoms with Crippen LogP contribution in [-0.4, -0.2) is 51.5 Å². The van der Waals surface area contributed by atoms with Gasteiger partial charge in [0.05, 0.1) is 31.8 Å². The Balaban J connectivity index is 1.82. The summed E-state index contributed by atoms with van der Waals surface area (Å²) in [4.78, 5) is 12.0. The van der Waals surface area contributed by atoms with Crippen LogP contribution in [0.5, 0.6) is 0 Å². The highest BCUT2D eigenvalue weighted by Gasteiger charge is 2.34. The molecule has 0 aliphatic carbocycles. The van der Waals surface area contributed by atoms with Crippen LogP contribution in [0.25, 0.3) is 0 Å². The van der Waals surface area contributed by atoms with Crippen LogP contribution in [0.2, 0.25) is 0 Å². The van der Waals surface area contributed by atoms with E-state index in [2.05, 4.69) is 10.6 Å². The molecule has 2 aliphatic rings. The van der Waals surface area contributed by atoms with Crippen LogP contribution in [0, 0.1) is 5.92 Å². The lowest BCUT2D eigenvalue weighted by molar-refractivity contribution is -0.127. The van der Waals surface area contributed by atoms with Crippen LogP contribution in [0.15, 0.2) is 0 Å². The van der Waals surface area contributed by atoms with Gasteiger partial charge in [0.1, 0.15) is 0 Å². The molecule has 3 atom stereocenters. The predicted molar refractivity (Wildman–Crippen MR) is 59.1 cm³/mol. The minimum Gasteiger partial charge on any atom is -0.379 e. The van der Waals surface area contributed by atoms with Crippen molar-refractivity contribution in [2.75, 3.05) is 33.5 Å². The number of likely N-dealkylation sites (N-methyl/N-ethyl adjacent to an activating group) is 1. The van der Waals surface area contributed by atoms with Crippen molar-refractivity contribution in [1.82, 2.24) is 10.6 Å². The highest BCUT2D eigenvalue weighted by atomic mass is 16.5. The normalized spacial score (nSPS) is 34.9. The van der Waals surface area contributed by atoms with Gasteiger partial charge in [-0.3, -0.25) is 4.79 Å². The minimum atomic E-state index is -0.0630. The van der Waals surface area contributed by atoms with Gasteiger partial charge in [0.15, 0.2) is 0 Å². The van der Waals surface area contributed by atoms with E-state index < -0.39 is 0 Å². The summed E-state index contributed by atoms with van der Waals surface area (Å²) in [5.74, 6) is 0.0271. The fraction of sp³-hybridized carbons (Fsp3) is 0.909. The van der Waals surface area contributed by atoms with E-state index in [1.807, 2.05) is 7.05 Å². The fourth-order valence-electron chi connectivity index (χ4n) is 2.26. The van der Waals surface area contributed by atoms with Crippen LogP contribution in [-0.2, 0) is 14.3 Å². The van der Waals surface area contributed by atoms with Gasteiger partial charge in [-0.1, -0.05) is 0 Å². The molecular formula is C11H20N2O3. The molecule has 3 unspecified atom stereocenters. The summed E-state index contributed by atoms with van der Waals surface area (Å²) in [6, 6.07) is 0.323. The lowest BCUT2D eigenvalue weighted by Crippen LogP contribution is -2.48. The number of hydrogen-bond donors (Lipinski definition) is 2. The summed E-state index contributed by atoms with van der Waals surface area (Å²) < 4.78 is 10.7. The second-order valence-electron chi connectivity index (χ2n) is 4.46. The number of nitrogens with one attached hydrogen (secondary N) is 2. The quantitative estimate of drug-likeness (QED) is 0.685. The Morgan fingerprint density at radius 3 is 2.81 bits per heavy atom. The van der Waals surface area contributed by atoms with Gasteiger partial charge in [-0.25, -0.2) is 0 Å². The van der Waals surface area contributed by atoms with E-state index in [-0.39, 0.29) is 23.9 Å². The lowest BCUT2D eigenvalue weighted by Gasteiger charge is -2.25. The third-order valence-electron chi connectivity index (χ3n) is 3.29. The van der Waals surface area contributed by atoms with E-state index in [1.54, 1.807) is 0 Å². The first-order chi connectivity index (χ1) is 7.81. The SMILES string of the molecule is CNC1COCC1C(=O)NC1CCCOC1.